The van der Waals surface area contributed by atoms with Crippen LogP contribution in [-0.4, -0.2) is 18.8 Å². The average molecular weight is 303 g/mol. The van der Waals surface area contributed by atoms with E-state index in [1.165, 1.54) is 12.1 Å². The van der Waals surface area contributed by atoms with E-state index in [4.69, 9.17) is 22.2 Å². The fourth-order valence-electron chi connectivity index (χ4n) is 2.34. The molecule has 5 heteroatoms. The molecule has 3 N–H and O–H groups in total. The van der Waals surface area contributed by atoms with Crippen molar-refractivity contribution in [3.05, 3.63) is 34.6 Å². The summed E-state index contributed by atoms with van der Waals surface area (Å²) >= 11 is 6.12. The number of hydrogen-bond acceptors (Lipinski definition) is 3. The summed E-state index contributed by atoms with van der Waals surface area (Å²) in [6, 6.07) is 4.21. The molecule has 0 saturated carbocycles. The first-order valence-electron chi connectivity index (χ1n) is 6.81. The lowest BCUT2D eigenvalue weighted by molar-refractivity contribution is -0.0356. The van der Waals surface area contributed by atoms with Gasteiger partial charge in [-0.15, -0.1) is 0 Å². The van der Waals surface area contributed by atoms with Crippen LogP contribution >= 0.6 is 11.6 Å². The Kier molecular flexibility index (Phi) is 6.40. The van der Waals surface area contributed by atoms with Crippen LogP contribution in [0.1, 0.15) is 33.3 Å². The first kappa shape index (κ1) is 17.4. The van der Waals surface area contributed by atoms with Crippen molar-refractivity contribution in [2.45, 2.75) is 46.3 Å². The van der Waals surface area contributed by atoms with Gasteiger partial charge in [0.1, 0.15) is 5.82 Å². The normalized spacial score (nSPS) is 15.2. The minimum atomic E-state index is -0.302. The third-order valence-electron chi connectivity index (χ3n) is 3.23. The molecule has 1 rings (SSSR count). The highest BCUT2D eigenvalue weighted by Gasteiger charge is 2.32. The molecule has 2 atom stereocenters. The predicted octanol–water partition coefficient (Wildman–Crippen LogP) is 3.30. The van der Waals surface area contributed by atoms with E-state index >= 15 is 0 Å². The molecular weight excluding hydrogens is 279 g/mol. The van der Waals surface area contributed by atoms with Gasteiger partial charge in [-0.2, -0.15) is 0 Å². The molecule has 0 aliphatic heterocycles. The highest BCUT2D eigenvalue weighted by Crippen LogP contribution is 2.28. The van der Waals surface area contributed by atoms with Gasteiger partial charge in [0.2, 0.25) is 0 Å². The van der Waals surface area contributed by atoms with Crippen LogP contribution in [0.3, 0.4) is 0 Å². The number of hydrazine groups is 1. The molecule has 0 radical (unpaired) electrons. The fraction of sp³-hybridized carbons (Fsp3) is 0.600. The molecule has 20 heavy (non-hydrogen) atoms. The standard InChI is InChI=1S/C15H24ClFN2O/c1-5-20-14(15(2,3)4)13(19-18)9-10-8-11(17)6-7-12(10)16/h6-8,13-14,19H,5,9,18H2,1-4H3. The van der Waals surface area contributed by atoms with Gasteiger partial charge >= 0.3 is 0 Å². The monoisotopic (exact) mass is 302 g/mol. The van der Waals surface area contributed by atoms with Gasteiger partial charge in [0.25, 0.3) is 0 Å². The topological polar surface area (TPSA) is 47.3 Å². The molecule has 3 nitrogen and oxygen atoms in total. The Balaban J connectivity index is 2.97. The van der Waals surface area contributed by atoms with E-state index in [0.717, 1.165) is 5.56 Å². The number of benzene rings is 1. The summed E-state index contributed by atoms with van der Waals surface area (Å²) in [6.07, 6.45) is 0.409. The van der Waals surface area contributed by atoms with Gasteiger partial charge in [-0.05, 0) is 42.5 Å². The molecule has 0 aliphatic carbocycles. The Bertz CT molecular complexity index is 434. The van der Waals surface area contributed by atoms with Crippen LogP contribution in [0.2, 0.25) is 5.02 Å². The van der Waals surface area contributed by atoms with Crippen LogP contribution < -0.4 is 11.3 Å². The molecule has 0 bridgehead atoms. The third-order valence-corrected chi connectivity index (χ3v) is 3.60. The first-order chi connectivity index (χ1) is 9.29. The Morgan fingerprint density at radius 3 is 2.55 bits per heavy atom. The molecule has 2 unspecified atom stereocenters. The lowest BCUT2D eigenvalue weighted by atomic mass is 9.82. The smallest absolute Gasteiger partial charge is 0.123 e. The highest BCUT2D eigenvalue weighted by atomic mass is 35.5. The molecule has 1 aromatic rings. The molecule has 0 amide bonds. The summed E-state index contributed by atoms with van der Waals surface area (Å²) in [4.78, 5) is 0. The zero-order chi connectivity index (χ0) is 15.3. The van der Waals surface area contributed by atoms with Gasteiger partial charge in [0.05, 0.1) is 12.1 Å². The second kappa shape index (κ2) is 7.36. The summed E-state index contributed by atoms with van der Waals surface area (Å²) in [7, 11) is 0. The molecule has 0 aromatic heterocycles. The Morgan fingerprint density at radius 2 is 2.05 bits per heavy atom. The van der Waals surface area contributed by atoms with Gasteiger partial charge < -0.3 is 4.74 Å². The summed E-state index contributed by atoms with van der Waals surface area (Å²) in [5.41, 5.74) is 3.42. The van der Waals surface area contributed by atoms with Gasteiger partial charge in [-0.25, -0.2) is 4.39 Å². The molecule has 0 spiro atoms. The molecule has 114 valence electrons. The minimum absolute atomic E-state index is 0.0904. The van der Waals surface area contributed by atoms with Crippen molar-refractivity contribution in [1.82, 2.24) is 5.43 Å². The number of nitrogens with one attached hydrogen (secondary N) is 1. The van der Waals surface area contributed by atoms with Crippen LogP contribution in [-0.2, 0) is 11.2 Å². The van der Waals surface area contributed by atoms with Crippen molar-refractivity contribution in [3.63, 3.8) is 0 Å². The van der Waals surface area contributed by atoms with Crippen molar-refractivity contribution in [1.29, 1.82) is 0 Å². The molecule has 0 fully saturated rings. The fourth-order valence-corrected chi connectivity index (χ4v) is 2.53. The summed E-state index contributed by atoms with van der Waals surface area (Å²) in [6.45, 7) is 8.80. The Hall–Kier alpha value is -0.680. The van der Waals surface area contributed by atoms with E-state index in [-0.39, 0.29) is 23.4 Å². The first-order valence-corrected chi connectivity index (χ1v) is 7.19. The lowest BCUT2D eigenvalue weighted by Gasteiger charge is -2.36. The number of ether oxygens (including phenoxy) is 1. The molecular formula is C15H24ClFN2O. The van der Waals surface area contributed by atoms with Gasteiger partial charge in [-0.3, -0.25) is 11.3 Å². The van der Waals surface area contributed by atoms with Crippen molar-refractivity contribution in [2.24, 2.45) is 11.3 Å². The maximum atomic E-state index is 13.3. The zero-order valence-electron chi connectivity index (χ0n) is 12.5. The number of nitrogens with two attached hydrogens (primary N) is 1. The number of rotatable bonds is 6. The summed E-state index contributed by atoms with van der Waals surface area (Å²) in [5.74, 6) is 5.37. The quantitative estimate of drug-likeness (QED) is 0.626. The average Bonchev–Trinajstić information content (AvgIpc) is 2.36. The van der Waals surface area contributed by atoms with Crippen LogP contribution in [0.15, 0.2) is 18.2 Å². The second-order valence-electron chi connectivity index (χ2n) is 5.95. The Labute approximate surface area is 125 Å². The second-order valence-corrected chi connectivity index (χ2v) is 6.36. The Morgan fingerprint density at radius 1 is 1.40 bits per heavy atom. The maximum absolute atomic E-state index is 13.3. The third kappa shape index (κ3) is 4.70. The van der Waals surface area contributed by atoms with E-state index in [1.807, 2.05) is 6.92 Å². The molecule has 0 heterocycles. The van der Waals surface area contributed by atoms with Crippen LogP contribution in [0.5, 0.6) is 0 Å². The number of halogens is 2. The van der Waals surface area contributed by atoms with Crippen LogP contribution in [0, 0.1) is 11.2 Å². The van der Waals surface area contributed by atoms with Gasteiger partial charge in [0, 0.05) is 11.6 Å². The lowest BCUT2D eigenvalue weighted by Crippen LogP contribution is -2.52. The molecule has 0 saturated heterocycles. The largest absolute Gasteiger partial charge is 0.376 e. The van der Waals surface area contributed by atoms with E-state index in [0.29, 0.717) is 18.1 Å². The maximum Gasteiger partial charge on any atom is 0.123 e. The number of hydrogen-bond donors (Lipinski definition) is 2. The van der Waals surface area contributed by atoms with E-state index in [9.17, 15) is 4.39 Å². The van der Waals surface area contributed by atoms with E-state index < -0.39 is 0 Å². The van der Waals surface area contributed by atoms with Gasteiger partial charge in [0.15, 0.2) is 0 Å². The van der Waals surface area contributed by atoms with E-state index in [1.54, 1.807) is 6.07 Å². The van der Waals surface area contributed by atoms with Crippen LogP contribution in [0.25, 0.3) is 0 Å². The summed E-state index contributed by atoms with van der Waals surface area (Å²) < 4.78 is 19.2. The summed E-state index contributed by atoms with van der Waals surface area (Å²) in [5, 5.41) is 0.538. The van der Waals surface area contributed by atoms with Crippen molar-refractivity contribution in [2.75, 3.05) is 6.61 Å². The molecule has 1 aromatic carbocycles. The predicted molar refractivity (Wildman–Crippen MR) is 81.1 cm³/mol. The van der Waals surface area contributed by atoms with Gasteiger partial charge in [-0.1, -0.05) is 32.4 Å². The minimum Gasteiger partial charge on any atom is -0.376 e. The molecule has 0 aliphatic rings. The zero-order valence-corrected chi connectivity index (χ0v) is 13.3. The highest BCUT2D eigenvalue weighted by molar-refractivity contribution is 6.31. The van der Waals surface area contributed by atoms with Crippen LogP contribution in [0.4, 0.5) is 4.39 Å². The van der Waals surface area contributed by atoms with Crippen molar-refractivity contribution in [3.8, 4) is 0 Å². The van der Waals surface area contributed by atoms with E-state index in [2.05, 4.69) is 26.2 Å². The van der Waals surface area contributed by atoms with Crippen molar-refractivity contribution >= 4 is 11.6 Å². The SMILES string of the molecule is CCOC(C(Cc1cc(F)ccc1Cl)NN)C(C)(C)C. The van der Waals surface area contributed by atoms with Crippen molar-refractivity contribution < 1.29 is 9.13 Å².